The summed E-state index contributed by atoms with van der Waals surface area (Å²) in [5.41, 5.74) is 3.55. The second-order valence-electron chi connectivity index (χ2n) is 5.61. The summed E-state index contributed by atoms with van der Waals surface area (Å²) in [6, 6.07) is 8.62. The SMILES string of the molecule is Cc1ccccc1-c1cnc(C(C)N2CCNCC2)nc1. The zero-order chi connectivity index (χ0) is 14.7. The first-order valence-corrected chi connectivity index (χ1v) is 7.58. The highest BCUT2D eigenvalue weighted by molar-refractivity contribution is 5.65. The Labute approximate surface area is 126 Å². The maximum absolute atomic E-state index is 4.60. The number of aryl methyl sites for hydroxylation is 1. The van der Waals surface area contributed by atoms with Crippen molar-refractivity contribution in [2.75, 3.05) is 26.2 Å². The third kappa shape index (κ3) is 3.12. The van der Waals surface area contributed by atoms with Crippen molar-refractivity contribution < 1.29 is 0 Å². The Morgan fingerprint density at radius 3 is 2.43 bits per heavy atom. The molecule has 1 aliphatic rings. The molecule has 2 aromatic rings. The first-order valence-electron chi connectivity index (χ1n) is 7.58. The predicted molar refractivity (Wildman–Crippen MR) is 85.1 cm³/mol. The van der Waals surface area contributed by atoms with Gasteiger partial charge in [-0.3, -0.25) is 4.90 Å². The van der Waals surface area contributed by atoms with Crippen LogP contribution in [0.25, 0.3) is 11.1 Å². The third-order valence-corrected chi connectivity index (χ3v) is 4.20. The molecular formula is C17H22N4. The van der Waals surface area contributed by atoms with Crippen molar-refractivity contribution in [1.29, 1.82) is 0 Å². The summed E-state index contributed by atoms with van der Waals surface area (Å²) < 4.78 is 0. The van der Waals surface area contributed by atoms with Crippen LogP contribution in [0.1, 0.15) is 24.4 Å². The van der Waals surface area contributed by atoms with Gasteiger partial charge >= 0.3 is 0 Å². The van der Waals surface area contributed by atoms with Gasteiger partial charge in [0, 0.05) is 44.1 Å². The van der Waals surface area contributed by atoms with Gasteiger partial charge in [-0.2, -0.15) is 0 Å². The Hall–Kier alpha value is -1.78. The van der Waals surface area contributed by atoms with Crippen LogP contribution in [0.2, 0.25) is 0 Å². The highest BCUT2D eigenvalue weighted by Gasteiger charge is 2.19. The summed E-state index contributed by atoms with van der Waals surface area (Å²) in [6.45, 7) is 8.52. The average molecular weight is 282 g/mol. The van der Waals surface area contributed by atoms with Gasteiger partial charge < -0.3 is 5.32 Å². The van der Waals surface area contributed by atoms with Gasteiger partial charge in [-0.05, 0) is 25.0 Å². The van der Waals surface area contributed by atoms with Crippen molar-refractivity contribution in [1.82, 2.24) is 20.2 Å². The molecule has 0 bridgehead atoms. The minimum absolute atomic E-state index is 0.276. The van der Waals surface area contributed by atoms with E-state index in [2.05, 4.69) is 58.3 Å². The number of aromatic nitrogens is 2. The fraction of sp³-hybridized carbons (Fsp3) is 0.412. The lowest BCUT2D eigenvalue weighted by molar-refractivity contribution is 0.179. The van der Waals surface area contributed by atoms with Crippen molar-refractivity contribution in [3.05, 3.63) is 48.0 Å². The zero-order valence-corrected chi connectivity index (χ0v) is 12.7. The Kier molecular flexibility index (Phi) is 4.27. The Morgan fingerprint density at radius 1 is 1.10 bits per heavy atom. The van der Waals surface area contributed by atoms with Gasteiger partial charge in [0.2, 0.25) is 0 Å². The summed E-state index contributed by atoms with van der Waals surface area (Å²) in [6.07, 6.45) is 3.90. The van der Waals surface area contributed by atoms with E-state index >= 15 is 0 Å². The van der Waals surface area contributed by atoms with Crippen LogP contribution in [-0.4, -0.2) is 41.0 Å². The molecule has 1 N–H and O–H groups in total. The summed E-state index contributed by atoms with van der Waals surface area (Å²) in [5, 5.41) is 3.38. The number of benzene rings is 1. The van der Waals surface area contributed by atoms with Crippen LogP contribution in [0, 0.1) is 6.92 Å². The minimum Gasteiger partial charge on any atom is -0.314 e. The molecule has 0 aliphatic carbocycles. The smallest absolute Gasteiger partial charge is 0.145 e. The molecule has 1 saturated heterocycles. The van der Waals surface area contributed by atoms with Crippen molar-refractivity contribution in [3.63, 3.8) is 0 Å². The van der Waals surface area contributed by atoms with Crippen molar-refractivity contribution in [2.45, 2.75) is 19.9 Å². The molecule has 4 nitrogen and oxygen atoms in total. The Balaban J connectivity index is 1.79. The van der Waals surface area contributed by atoms with E-state index in [0.29, 0.717) is 0 Å². The first-order chi connectivity index (χ1) is 10.3. The molecule has 1 aromatic carbocycles. The Morgan fingerprint density at radius 2 is 1.76 bits per heavy atom. The van der Waals surface area contributed by atoms with Gasteiger partial charge in [-0.15, -0.1) is 0 Å². The first kappa shape index (κ1) is 14.2. The molecule has 1 fully saturated rings. The van der Waals surface area contributed by atoms with E-state index in [4.69, 9.17) is 0 Å². The third-order valence-electron chi connectivity index (χ3n) is 4.20. The molecule has 4 heteroatoms. The predicted octanol–water partition coefficient (Wildman–Crippen LogP) is 2.42. The number of hydrogen-bond acceptors (Lipinski definition) is 4. The van der Waals surface area contributed by atoms with Crippen LogP contribution in [0.5, 0.6) is 0 Å². The second-order valence-corrected chi connectivity index (χ2v) is 5.61. The van der Waals surface area contributed by atoms with Gasteiger partial charge in [0.25, 0.3) is 0 Å². The van der Waals surface area contributed by atoms with Crippen LogP contribution in [0.3, 0.4) is 0 Å². The summed E-state index contributed by atoms with van der Waals surface area (Å²) in [4.78, 5) is 11.6. The molecule has 3 rings (SSSR count). The summed E-state index contributed by atoms with van der Waals surface area (Å²) in [7, 11) is 0. The van der Waals surface area contributed by atoms with E-state index in [1.54, 1.807) is 0 Å². The molecule has 1 atom stereocenters. The minimum atomic E-state index is 0.276. The summed E-state index contributed by atoms with van der Waals surface area (Å²) >= 11 is 0. The van der Waals surface area contributed by atoms with Gasteiger partial charge in [0.1, 0.15) is 5.82 Å². The van der Waals surface area contributed by atoms with Crippen LogP contribution in [0.15, 0.2) is 36.7 Å². The lowest BCUT2D eigenvalue weighted by Crippen LogP contribution is -2.44. The van der Waals surface area contributed by atoms with E-state index in [0.717, 1.165) is 37.6 Å². The average Bonchev–Trinajstić information content (AvgIpc) is 2.56. The van der Waals surface area contributed by atoms with E-state index in [-0.39, 0.29) is 6.04 Å². The molecule has 0 radical (unpaired) electrons. The molecule has 0 amide bonds. The van der Waals surface area contributed by atoms with E-state index in [9.17, 15) is 0 Å². The molecule has 1 unspecified atom stereocenters. The molecule has 0 saturated carbocycles. The van der Waals surface area contributed by atoms with Crippen LogP contribution in [-0.2, 0) is 0 Å². The topological polar surface area (TPSA) is 41.1 Å². The van der Waals surface area contributed by atoms with Gasteiger partial charge in [-0.25, -0.2) is 9.97 Å². The molecule has 1 aliphatic heterocycles. The quantitative estimate of drug-likeness (QED) is 0.938. The molecule has 21 heavy (non-hydrogen) atoms. The van der Waals surface area contributed by atoms with Gasteiger partial charge in [-0.1, -0.05) is 24.3 Å². The van der Waals surface area contributed by atoms with Crippen molar-refractivity contribution in [3.8, 4) is 11.1 Å². The molecular weight excluding hydrogens is 260 g/mol. The monoisotopic (exact) mass is 282 g/mol. The number of nitrogens with zero attached hydrogens (tertiary/aromatic N) is 3. The number of nitrogens with one attached hydrogen (secondary N) is 1. The van der Waals surface area contributed by atoms with Gasteiger partial charge in [0.05, 0.1) is 6.04 Å². The number of rotatable bonds is 3. The van der Waals surface area contributed by atoms with Crippen LogP contribution < -0.4 is 5.32 Å². The second kappa shape index (κ2) is 6.33. The lowest BCUT2D eigenvalue weighted by Gasteiger charge is -2.31. The fourth-order valence-corrected chi connectivity index (χ4v) is 2.82. The van der Waals surface area contributed by atoms with Crippen LogP contribution in [0.4, 0.5) is 0 Å². The van der Waals surface area contributed by atoms with Crippen LogP contribution >= 0.6 is 0 Å². The maximum Gasteiger partial charge on any atom is 0.145 e. The molecule has 110 valence electrons. The van der Waals surface area contributed by atoms with E-state index < -0.39 is 0 Å². The lowest BCUT2D eigenvalue weighted by atomic mass is 10.0. The molecule has 2 heterocycles. The molecule has 0 spiro atoms. The largest absolute Gasteiger partial charge is 0.314 e. The zero-order valence-electron chi connectivity index (χ0n) is 12.7. The number of piperazine rings is 1. The highest BCUT2D eigenvalue weighted by Crippen LogP contribution is 2.23. The summed E-state index contributed by atoms with van der Waals surface area (Å²) in [5.74, 6) is 0.911. The van der Waals surface area contributed by atoms with E-state index in [1.165, 1.54) is 11.1 Å². The maximum atomic E-state index is 4.60. The highest BCUT2D eigenvalue weighted by atomic mass is 15.2. The normalized spacial score (nSPS) is 17.6. The van der Waals surface area contributed by atoms with Crippen molar-refractivity contribution in [2.24, 2.45) is 0 Å². The van der Waals surface area contributed by atoms with Crippen molar-refractivity contribution >= 4 is 0 Å². The fourth-order valence-electron chi connectivity index (χ4n) is 2.82. The molecule has 1 aromatic heterocycles. The van der Waals surface area contributed by atoms with E-state index in [1.807, 2.05) is 12.4 Å². The standard InChI is InChI=1S/C17H22N4/c1-13-5-3-4-6-16(13)15-11-19-17(20-12-15)14(2)21-9-7-18-8-10-21/h3-6,11-12,14,18H,7-10H2,1-2H3. The number of hydrogen-bond donors (Lipinski definition) is 1. The van der Waals surface area contributed by atoms with Gasteiger partial charge in [0.15, 0.2) is 0 Å². The Bertz CT molecular complexity index is 588.